The first kappa shape index (κ1) is 11.4. The normalized spacial score (nSPS) is 17.9. The minimum atomic E-state index is 0.353. The zero-order valence-corrected chi connectivity index (χ0v) is 10.4. The Hall–Kier alpha value is -1.09. The van der Waals surface area contributed by atoms with Crippen molar-refractivity contribution >= 4 is 5.82 Å². The molecule has 1 aromatic heterocycles. The van der Waals surface area contributed by atoms with E-state index in [0.717, 1.165) is 5.82 Å². The number of pyridine rings is 1. The number of nitrogens with one attached hydrogen (secondary N) is 1. The minimum Gasteiger partial charge on any atom is -0.356 e. The number of nitrogens with zero attached hydrogens (tertiary/aromatic N) is 2. The van der Waals surface area contributed by atoms with Gasteiger partial charge in [-0.3, -0.25) is 0 Å². The Balaban J connectivity index is 2.24. The Bertz CT molecular complexity index is 347. The number of aromatic nitrogens is 1. The Morgan fingerprint density at radius 1 is 1.50 bits per heavy atom. The van der Waals surface area contributed by atoms with E-state index < -0.39 is 0 Å². The van der Waals surface area contributed by atoms with Crippen LogP contribution in [0.25, 0.3) is 0 Å². The highest BCUT2D eigenvalue weighted by atomic mass is 15.2. The lowest BCUT2D eigenvalue weighted by Gasteiger charge is -2.37. The summed E-state index contributed by atoms with van der Waals surface area (Å²) < 4.78 is 0. The summed E-state index contributed by atoms with van der Waals surface area (Å²) >= 11 is 0. The van der Waals surface area contributed by atoms with Crippen molar-refractivity contribution in [1.29, 1.82) is 0 Å². The van der Waals surface area contributed by atoms with Gasteiger partial charge in [0.05, 0.1) is 0 Å². The summed E-state index contributed by atoms with van der Waals surface area (Å²) in [4.78, 5) is 6.88. The van der Waals surface area contributed by atoms with Crippen molar-refractivity contribution in [2.75, 3.05) is 19.0 Å². The van der Waals surface area contributed by atoms with E-state index in [0.29, 0.717) is 12.1 Å². The maximum Gasteiger partial charge on any atom is 0.133 e. The summed E-state index contributed by atoms with van der Waals surface area (Å²) in [5.41, 5.74) is 1.29. The third-order valence-electron chi connectivity index (χ3n) is 3.67. The largest absolute Gasteiger partial charge is 0.356 e. The second kappa shape index (κ2) is 4.83. The van der Waals surface area contributed by atoms with Crippen molar-refractivity contribution in [3.8, 4) is 0 Å². The van der Waals surface area contributed by atoms with Crippen LogP contribution in [0.1, 0.15) is 37.8 Å². The molecule has 1 aliphatic rings. The van der Waals surface area contributed by atoms with E-state index in [-0.39, 0.29) is 0 Å². The zero-order chi connectivity index (χ0) is 11.5. The van der Waals surface area contributed by atoms with Crippen LogP contribution in [0.3, 0.4) is 0 Å². The summed E-state index contributed by atoms with van der Waals surface area (Å²) in [5.74, 6) is 1.13. The maximum absolute atomic E-state index is 4.54. The summed E-state index contributed by atoms with van der Waals surface area (Å²) in [6.45, 7) is 2.18. The molecule has 1 N–H and O–H groups in total. The fourth-order valence-corrected chi connectivity index (χ4v) is 2.14. The lowest BCUT2D eigenvalue weighted by atomic mass is 9.91. The topological polar surface area (TPSA) is 28.2 Å². The van der Waals surface area contributed by atoms with Crippen molar-refractivity contribution in [2.24, 2.45) is 0 Å². The lowest BCUT2D eigenvalue weighted by molar-refractivity contribution is 0.398. The van der Waals surface area contributed by atoms with Crippen LogP contribution in [0.5, 0.6) is 0 Å². The second-order valence-corrected chi connectivity index (χ2v) is 4.62. The molecule has 0 radical (unpaired) electrons. The highest BCUT2D eigenvalue weighted by molar-refractivity contribution is 5.48. The molecular weight excluding hydrogens is 198 g/mol. The Morgan fingerprint density at radius 2 is 2.25 bits per heavy atom. The summed E-state index contributed by atoms with van der Waals surface area (Å²) in [7, 11) is 4.16. The van der Waals surface area contributed by atoms with E-state index in [1.54, 1.807) is 0 Å². The van der Waals surface area contributed by atoms with Gasteiger partial charge < -0.3 is 10.2 Å². The minimum absolute atomic E-state index is 0.353. The van der Waals surface area contributed by atoms with Gasteiger partial charge in [-0.25, -0.2) is 4.98 Å². The molecule has 1 aromatic rings. The highest BCUT2D eigenvalue weighted by Gasteiger charge is 2.25. The summed E-state index contributed by atoms with van der Waals surface area (Å²) in [6.07, 6.45) is 5.86. The van der Waals surface area contributed by atoms with E-state index in [1.807, 2.05) is 19.3 Å². The molecule has 0 bridgehead atoms. The van der Waals surface area contributed by atoms with E-state index in [4.69, 9.17) is 0 Å². The van der Waals surface area contributed by atoms with Gasteiger partial charge in [-0.15, -0.1) is 0 Å². The standard InChI is InChI=1S/C13H21N3/c1-10(14-2)12-8-5-9-15-13(12)16(3)11-6-4-7-11/h5,8-11,14H,4,6-7H2,1-3H3. The van der Waals surface area contributed by atoms with Crippen LogP contribution in [0.4, 0.5) is 5.82 Å². The van der Waals surface area contributed by atoms with Crippen LogP contribution in [-0.4, -0.2) is 25.1 Å². The maximum atomic E-state index is 4.54. The van der Waals surface area contributed by atoms with Crippen LogP contribution in [-0.2, 0) is 0 Å². The van der Waals surface area contributed by atoms with Crippen molar-refractivity contribution in [2.45, 2.75) is 38.3 Å². The van der Waals surface area contributed by atoms with Gasteiger partial charge in [0.2, 0.25) is 0 Å². The lowest BCUT2D eigenvalue weighted by Crippen LogP contribution is -2.38. The fraction of sp³-hybridized carbons (Fsp3) is 0.615. The van der Waals surface area contributed by atoms with Gasteiger partial charge in [-0.1, -0.05) is 6.07 Å². The van der Waals surface area contributed by atoms with Crippen molar-refractivity contribution in [1.82, 2.24) is 10.3 Å². The quantitative estimate of drug-likeness (QED) is 0.842. The molecule has 0 amide bonds. The van der Waals surface area contributed by atoms with Gasteiger partial charge in [0.25, 0.3) is 0 Å². The van der Waals surface area contributed by atoms with E-state index in [2.05, 4.69) is 35.2 Å². The average Bonchev–Trinajstić information content (AvgIpc) is 2.25. The smallest absolute Gasteiger partial charge is 0.133 e. The van der Waals surface area contributed by atoms with Gasteiger partial charge >= 0.3 is 0 Å². The second-order valence-electron chi connectivity index (χ2n) is 4.62. The SMILES string of the molecule is CNC(C)c1cccnc1N(C)C1CCC1. The van der Waals surface area contributed by atoms with Gasteiger partial charge in [0.1, 0.15) is 5.82 Å². The number of rotatable bonds is 4. The molecule has 0 saturated heterocycles. The zero-order valence-electron chi connectivity index (χ0n) is 10.4. The predicted molar refractivity (Wildman–Crippen MR) is 67.8 cm³/mol. The van der Waals surface area contributed by atoms with Gasteiger partial charge in [0, 0.05) is 30.9 Å². The number of anilines is 1. The first-order valence-corrected chi connectivity index (χ1v) is 6.09. The molecular formula is C13H21N3. The van der Waals surface area contributed by atoms with Gasteiger partial charge in [-0.2, -0.15) is 0 Å². The van der Waals surface area contributed by atoms with Crippen molar-refractivity contribution in [3.05, 3.63) is 23.9 Å². The number of hydrogen-bond donors (Lipinski definition) is 1. The predicted octanol–water partition coefficient (Wildman–Crippen LogP) is 2.35. The molecule has 1 atom stereocenters. The molecule has 1 aliphatic carbocycles. The molecule has 1 fully saturated rings. The Morgan fingerprint density at radius 3 is 2.81 bits per heavy atom. The number of hydrogen-bond acceptors (Lipinski definition) is 3. The molecule has 1 saturated carbocycles. The van der Waals surface area contributed by atoms with E-state index in [9.17, 15) is 0 Å². The van der Waals surface area contributed by atoms with Crippen molar-refractivity contribution < 1.29 is 0 Å². The van der Waals surface area contributed by atoms with Crippen LogP contribution in [0, 0.1) is 0 Å². The molecule has 3 nitrogen and oxygen atoms in total. The Labute approximate surface area is 97.9 Å². The van der Waals surface area contributed by atoms with E-state index >= 15 is 0 Å². The van der Waals surface area contributed by atoms with E-state index in [1.165, 1.54) is 24.8 Å². The summed E-state index contributed by atoms with van der Waals surface area (Å²) in [5, 5.41) is 3.28. The van der Waals surface area contributed by atoms with Gasteiger partial charge in [-0.05, 0) is 39.3 Å². The van der Waals surface area contributed by atoms with Crippen molar-refractivity contribution in [3.63, 3.8) is 0 Å². The summed E-state index contributed by atoms with van der Waals surface area (Å²) in [6, 6.07) is 5.23. The first-order chi connectivity index (χ1) is 7.74. The van der Waals surface area contributed by atoms with Gasteiger partial charge in [0.15, 0.2) is 0 Å². The third kappa shape index (κ3) is 2.05. The highest BCUT2D eigenvalue weighted by Crippen LogP contribution is 2.30. The molecule has 1 unspecified atom stereocenters. The molecule has 88 valence electrons. The van der Waals surface area contributed by atoms with Crippen LogP contribution in [0.15, 0.2) is 18.3 Å². The fourth-order valence-electron chi connectivity index (χ4n) is 2.14. The monoisotopic (exact) mass is 219 g/mol. The third-order valence-corrected chi connectivity index (χ3v) is 3.67. The molecule has 16 heavy (non-hydrogen) atoms. The van der Waals surface area contributed by atoms with Crippen LogP contribution < -0.4 is 10.2 Å². The molecule has 0 aliphatic heterocycles. The Kier molecular flexibility index (Phi) is 3.44. The molecule has 1 heterocycles. The van der Waals surface area contributed by atoms with Crippen LogP contribution in [0.2, 0.25) is 0 Å². The molecule has 3 heteroatoms. The molecule has 0 spiro atoms. The average molecular weight is 219 g/mol. The first-order valence-electron chi connectivity index (χ1n) is 6.09. The molecule has 2 rings (SSSR count). The molecule has 0 aromatic carbocycles. The van der Waals surface area contributed by atoms with Crippen LogP contribution >= 0.6 is 0 Å².